The Kier molecular flexibility index (Phi) is 7.48. The zero-order valence-corrected chi connectivity index (χ0v) is 15.5. The van der Waals surface area contributed by atoms with Crippen molar-refractivity contribution < 1.29 is 9.53 Å². The number of nitrogens with zero attached hydrogens (tertiary/aromatic N) is 1. The molecule has 134 valence electrons. The van der Waals surface area contributed by atoms with E-state index in [1.54, 1.807) is 7.11 Å². The molecule has 0 bridgehead atoms. The lowest BCUT2D eigenvalue weighted by Gasteiger charge is -2.30. The number of hydrogen-bond acceptors (Lipinski definition) is 3. The maximum absolute atomic E-state index is 13.2. The lowest BCUT2D eigenvalue weighted by molar-refractivity contribution is 0.0925. The van der Waals surface area contributed by atoms with Gasteiger partial charge < -0.3 is 9.64 Å². The third-order valence-corrected chi connectivity index (χ3v) is 4.78. The van der Waals surface area contributed by atoms with Crippen molar-refractivity contribution in [1.82, 2.24) is 4.90 Å². The number of ketones is 1. The normalized spacial score (nSPS) is 15.9. The fourth-order valence-electron chi connectivity index (χ4n) is 3.38. The van der Waals surface area contributed by atoms with Gasteiger partial charge in [-0.1, -0.05) is 36.8 Å². The van der Waals surface area contributed by atoms with Crippen molar-refractivity contribution >= 4 is 18.2 Å². The van der Waals surface area contributed by atoms with Crippen LogP contribution in [0.3, 0.4) is 0 Å². The van der Waals surface area contributed by atoms with Crippen LogP contribution in [0.1, 0.15) is 41.1 Å². The highest BCUT2D eigenvalue weighted by molar-refractivity contribution is 6.01. The molecule has 0 radical (unpaired) electrons. The predicted molar refractivity (Wildman–Crippen MR) is 104 cm³/mol. The van der Waals surface area contributed by atoms with Gasteiger partial charge in [0.2, 0.25) is 0 Å². The molecule has 1 saturated heterocycles. The summed E-state index contributed by atoms with van der Waals surface area (Å²) in [5.74, 6) is 0.853. The summed E-state index contributed by atoms with van der Waals surface area (Å²) in [5, 5.41) is 0. The zero-order valence-electron chi connectivity index (χ0n) is 14.7. The van der Waals surface area contributed by atoms with Crippen LogP contribution in [0.2, 0.25) is 0 Å². The van der Waals surface area contributed by atoms with Gasteiger partial charge in [0.15, 0.2) is 5.78 Å². The maximum atomic E-state index is 13.2. The number of methoxy groups -OCH3 is 1. The van der Waals surface area contributed by atoms with E-state index >= 15 is 0 Å². The van der Waals surface area contributed by atoms with E-state index in [9.17, 15) is 4.79 Å². The van der Waals surface area contributed by atoms with Gasteiger partial charge in [0.25, 0.3) is 0 Å². The van der Waals surface area contributed by atoms with E-state index in [0.717, 1.165) is 36.5 Å². The monoisotopic (exact) mass is 359 g/mol. The highest BCUT2D eigenvalue weighted by atomic mass is 35.5. The molecule has 2 aromatic carbocycles. The van der Waals surface area contributed by atoms with Gasteiger partial charge in [-0.3, -0.25) is 4.79 Å². The summed E-state index contributed by atoms with van der Waals surface area (Å²) < 4.78 is 5.20. The summed E-state index contributed by atoms with van der Waals surface area (Å²) in [6.07, 6.45) is 3.77. The number of carbonyl (C=O) groups is 1. The molecule has 1 heterocycles. The molecule has 0 aliphatic carbocycles. The molecule has 1 aliphatic heterocycles. The first-order valence-electron chi connectivity index (χ1n) is 8.73. The Balaban J connectivity index is 0.00000225. The van der Waals surface area contributed by atoms with Crippen LogP contribution in [0.15, 0.2) is 54.6 Å². The maximum Gasteiger partial charge on any atom is 0.171 e. The van der Waals surface area contributed by atoms with E-state index in [-0.39, 0.29) is 24.1 Å². The van der Waals surface area contributed by atoms with Crippen LogP contribution < -0.4 is 4.74 Å². The first kappa shape index (κ1) is 19.5. The Bertz CT molecular complexity index is 651. The van der Waals surface area contributed by atoms with Gasteiger partial charge in [0.1, 0.15) is 5.75 Å². The second-order valence-electron chi connectivity index (χ2n) is 6.42. The minimum absolute atomic E-state index is 0. The first-order valence-corrected chi connectivity index (χ1v) is 8.73. The van der Waals surface area contributed by atoms with Gasteiger partial charge in [-0.15, -0.1) is 12.4 Å². The fraction of sp³-hybridized carbons (Fsp3) is 0.381. The molecule has 0 spiro atoms. The summed E-state index contributed by atoms with van der Waals surface area (Å²) in [6.45, 7) is 2.99. The Morgan fingerprint density at radius 2 is 1.64 bits per heavy atom. The summed E-state index contributed by atoms with van der Waals surface area (Å²) in [5.41, 5.74) is 1.85. The number of hydrogen-bond donors (Lipinski definition) is 0. The first-order chi connectivity index (χ1) is 11.8. The number of rotatable bonds is 6. The van der Waals surface area contributed by atoms with Gasteiger partial charge in [0, 0.05) is 12.1 Å². The largest absolute Gasteiger partial charge is 0.497 e. The highest BCUT2D eigenvalue weighted by Crippen LogP contribution is 2.25. The minimum atomic E-state index is -0.113. The van der Waals surface area contributed by atoms with E-state index in [4.69, 9.17) is 4.74 Å². The zero-order chi connectivity index (χ0) is 16.8. The molecule has 1 aliphatic rings. The Hall–Kier alpha value is -1.84. The number of Topliss-reactive ketones (excluding diaryl/α,β-unsaturated/α-hetero) is 1. The summed E-state index contributed by atoms with van der Waals surface area (Å²) in [7, 11) is 1.64. The van der Waals surface area contributed by atoms with E-state index < -0.39 is 0 Å². The Morgan fingerprint density at radius 1 is 1.00 bits per heavy atom. The van der Waals surface area contributed by atoms with Gasteiger partial charge in [-0.2, -0.15) is 0 Å². The molecule has 0 aromatic heterocycles. The van der Waals surface area contributed by atoms with E-state index in [1.165, 1.54) is 19.3 Å². The number of likely N-dealkylation sites (tertiary alicyclic amines) is 1. The van der Waals surface area contributed by atoms with Crippen molar-refractivity contribution in [1.29, 1.82) is 0 Å². The molecule has 1 atom stereocenters. The molecular weight excluding hydrogens is 334 g/mol. The van der Waals surface area contributed by atoms with Crippen LogP contribution >= 0.6 is 12.4 Å². The van der Waals surface area contributed by atoms with Gasteiger partial charge in [0.05, 0.1) is 13.0 Å². The molecule has 1 unspecified atom stereocenters. The molecule has 0 saturated carbocycles. The van der Waals surface area contributed by atoms with Crippen molar-refractivity contribution in [3.05, 3.63) is 65.7 Å². The van der Waals surface area contributed by atoms with Crippen molar-refractivity contribution in [3.8, 4) is 5.75 Å². The van der Waals surface area contributed by atoms with Gasteiger partial charge in [-0.25, -0.2) is 0 Å². The van der Waals surface area contributed by atoms with Crippen LogP contribution in [0.25, 0.3) is 0 Å². The Labute approximate surface area is 156 Å². The molecule has 3 nitrogen and oxygen atoms in total. The van der Waals surface area contributed by atoms with Crippen LogP contribution in [0, 0.1) is 0 Å². The average molecular weight is 360 g/mol. The van der Waals surface area contributed by atoms with E-state index in [0.29, 0.717) is 0 Å². The summed E-state index contributed by atoms with van der Waals surface area (Å²) in [4.78, 5) is 15.6. The van der Waals surface area contributed by atoms with Crippen LogP contribution in [-0.4, -0.2) is 37.4 Å². The SMILES string of the molecule is COc1ccc(C(=O)C(CN2CCCCC2)c2ccccc2)cc1.Cl. The van der Waals surface area contributed by atoms with Crippen molar-refractivity contribution in [2.75, 3.05) is 26.7 Å². The predicted octanol–water partition coefficient (Wildman–Crippen LogP) is 4.57. The smallest absolute Gasteiger partial charge is 0.171 e. The van der Waals surface area contributed by atoms with Crippen molar-refractivity contribution in [2.24, 2.45) is 0 Å². The Morgan fingerprint density at radius 3 is 2.24 bits per heavy atom. The third kappa shape index (κ3) is 5.07. The fourth-order valence-corrected chi connectivity index (χ4v) is 3.38. The summed E-state index contributed by atoms with van der Waals surface area (Å²) >= 11 is 0. The van der Waals surface area contributed by atoms with Crippen molar-refractivity contribution in [2.45, 2.75) is 25.2 Å². The number of carbonyl (C=O) groups excluding carboxylic acids is 1. The number of benzene rings is 2. The topological polar surface area (TPSA) is 29.5 Å². The molecule has 0 N–H and O–H groups in total. The van der Waals surface area contributed by atoms with Gasteiger partial charge >= 0.3 is 0 Å². The quantitative estimate of drug-likeness (QED) is 0.707. The molecule has 1 fully saturated rings. The van der Waals surface area contributed by atoms with Crippen LogP contribution in [-0.2, 0) is 0 Å². The van der Waals surface area contributed by atoms with Crippen LogP contribution in [0.5, 0.6) is 5.75 Å². The molecule has 0 amide bonds. The molecular formula is C21H26ClNO2. The average Bonchev–Trinajstić information content (AvgIpc) is 2.67. The van der Waals surface area contributed by atoms with Gasteiger partial charge in [-0.05, 0) is 55.8 Å². The number of ether oxygens (including phenoxy) is 1. The summed E-state index contributed by atoms with van der Waals surface area (Å²) in [6, 6.07) is 17.6. The standard InChI is InChI=1S/C21H25NO2.ClH/c1-24-19-12-10-18(11-13-19)21(23)20(17-8-4-2-5-9-17)16-22-14-6-3-7-15-22;/h2,4-5,8-13,20H,3,6-7,14-16H2,1H3;1H. The lowest BCUT2D eigenvalue weighted by atomic mass is 9.89. The molecule has 25 heavy (non-hydrogen) atoms. The molecule has 4 heteroatoms. The van der Waals surface area contributed by atoms with E-state index in [2.05, 4.69) is 17.0 Å². The molecule has 3 rings (SSSR count). The molecule has 2 aromatic rings. The lowest BCUT2D eigenvalue weighted by Crippen LogP contribution is -2.35. The second kappa shape index (κ2) is 9.59. The van der Waals surface area contributed by atoms with Crippen LogP contribution in [0.4, 0.5) is 0 Å². The van der Waals surface area contributed by atoms with Crippen molar-refractivity contribution in [3.63, 3.8) is 0 Å². The number of halogens is 1. The third-order valence-electron chi connectivity index (χ3n) is 4.78. The second-order valence-corrected chi connectivity index (χ2v) is 6.42. The van der Waals surface area contributed by atoms with E-state index in [1.807, 2.05) is 42.5 Å². The highest BCUT2D eigenvalue weighted by Gasteiger charge is 2.25. The number of piperidine rings is 1. The minimum Gasteiger partial charge on any atom is -0.497 e.